The zero-order chi connectivity index (χ0) is 13.1. The summed E-state index contributed by atoms with van der Waals surface area (Å²) >= 11 is 0. The summed E-state index contributed by atoms with van der Waals surface area (Å²) in [5.74, 6) is 0. The van der Waals surface area contributed by atoms with Gasteiger partial charge < -0.3 is 9.97 Å². The number of rotatable bonds is 0. The molecule has 0 fully saturated rings. The van der Waals surface area contributed by atoms with E-state index >= 15 is 0 Å². The fourth-order valence-corrected chi connectivity index (χ4v) is 3.00. The molecule has 4 aromatic heterocycles. The van der Waals surface area contributed by atoms with Gasteiger partial charge in [-0.2, -0.15) is 0 Å². The van der Waals surface area contributed by atoms with Crippen molar-refractivity contribution in [1.82, 2.24) is 19.9 Å². The molecule has 0 saturated carbocycles. The minimum atomic E-state index is 0. The van der Waals surface area contributed by atoms with Crippen LogP contribution in [-0.4, -0.2) is 19.9 Å². The Labute approximate surface area is 125 Å². The molecule has 21 heavy (non-hydrogen) atoms. The molecule has 4 nitrogen and oxygen atoms in total. The largest absolute Gasteiger partial charge is 0.353 e. The number of H-pyrrole nitrogens is 2. The average Bonchev–Trinajstić information content (AvgIpc) is 3.04. The fraction of sp³-hybridized carbons (Fsp3) is 0. The number of aromatic nitrogens is 4. The van der Waals surface area contributed by atoms with Gasteiger partial charge in [-0.1, -0.05) is 18.2 Å². The van der Waals surface area contributed by atoms with Crippen molar-refractivity contribution in [1.29, 1.82) is 0 Å². The summed E-state index contributed by atoms with van der Waals surface area (Å²) in [7, 11) is 0. The molecule has 0 amide bonds. The molecule has 0 unspecified atom stereocenters. The van der Waals surface area contributed by atoms with Crippen LogP contribution < -0.4 is 0 Å². The van der Waals surface area contributed by atoms with E-state index in [1.165, 1.54) is 10.8 Å². The van der Waals surface area contributed by atoms with Gasteiger partial charge in [0.05, 0.1) is 34.5 Å². The zero-order valence-corrected chi connectivity index (χ0v) is 11.7. The van der Waals surface area contributed by atoms with Crippen molar-refractivity contribution in [3.63, 3.8) is 0 Å². The standard InChI is InChI=1S/C16H10N4.ClH/c1-2-4-11-9(3-1)14-13(19-11)8-18-15-10-5-6-17-7-12(10)20-16(14)15;/h1-8,19-20H;1H. The lowest BCUT2D eigenvalue weighted by Crippen LogP contribution is -1.76. The molecule has 4 heterocycles. The fourth-order valence-electron chi connectivity index (χ4n) is 3.00. The second kappa shape index (κ2) is 4.20. The summed E-state index contributed by atoms with van der Waals surface area (Å²) in [4.78, 5) is 15.6. The van der Waals surface area contributed by atoms with Crippen molar-refractivity contribution in [2.24, 2.45) is 0 Å². The van der Waals surface area contributed by atoms with Crippen LogP contribution in [-0.2, 0) is 0 Å². The molecular formula is C16H11ClN4. The number of benzene rings is 1. The van der Waals surface area contributed by atoms with Crippen LogP contribution in [0.15, 0.2) is 48.9 Å². The van der Waals surface area contributed by atoms with Gasteiger partial charge in [-0.15, -0.1) is 12.4 Å². The molecule has 0 spiro atoms. The monoisotopic (exact) mass is 294 g/mol. The molecule has 0 aliphatic heterocycles. The summed E-state index contributed by atoms with van der Waals surface area (Å²) < 4.78 is 0. The maximum absolute atomic E-state index is 4.60. The van der Waals surface area contributed by atoms with Crippen molar-refractivity contribution < 1.29 is 0 Å². The highest BCUT2D eigenvalue weighted by Crippen LogP contribution is 2.33. The van der Waals surface area contributed by atoms with Crippen LogP contribution in [0.4, 0.5) is 0 Å². The third-order valence-electron chi connectivity index (χ3n) is 3.88. The summed E-state index contributed by atoms with van der Waals surface area (Å²) in [6, 6.07) is 10.3. The molecule has 0 bridgehead atoms. The number of hydrogen-bond acceptors (Lipinski definition) is 2. The van der Waals surface area contributed by atoms with Gasteiger partial charge in [0.1, 0.15) is 0 Å². The lowest BCUT2D eigenvalue weighted by Gasteiger charge is -1.94. The van der Waals surface area contributed by atoms with E-state index in [9.17, 15) is 0 Å². The average molecular weight is 295 g/mol. The van der Waals surface area contributed by atoms with E-state index in [0.29, 0.717) is 0 Å². The third-order valence-corrected chi connectivity index (χ3v) is 3.88. The van der Waals surface area contributed by atoms with E-state index in [0.717, 1.165) is 33.0 Å². The molecule has 5 aromatic rings. The van der Waals surface area contributed by atoms with E-state index in [-0.39, 0.29) is 12.4 Å². The van der Waals surface area contributed by atoms with Crippen LogP contribution >= 0.6 is 12.4 Å². The third kappa shape index (κ3) is 1.51. The van der Waals surface area contributed by atoms with Crippen molar-refractivity contribution in [2.45, 2.75) is 0 Å². The van der Waals surface area contributed by atoms with Gasteiger partial charge in [0.25, 0.3) is 0 Å². The topological polar surface area (TPSA) is 57.4 Å². The number of fused-ring (bicyclic) bond motifs is 7. The molecular weight excluding hydrogens is 284 g/mol. The number of nitrogens with one attached hydrogen (secondary N) is 2. The molecule has 0 saturated heterocycles. The van der Waals surface area contributed by atoms with Crippen molar-refractivity contribution in [2.75, 3.05) is 0 Å². The Kier molecular flexibility index (Phi) is 2.43. The predicted octanol–water partition coefficient (Wildman–Crippen LogP) is 4.17. The van der Waals surface area contributed by atoms with Crippen LogP contribution in [0.5, 0.6) is 0 Å². The molecule has 2 N–H and O–H groups in total. The Hall–Kier alpha value is -2.59. The second-order valence-corrected chi connectivity index (χ2v) is 4.99. The van der Waals surface area contributed by atoms with Gasteiger partial charge in [-0.3, -0.25) is 9.97 Å². The summed E-state index contributed by atoms with van der Waals surface area (Å²) in [6.07, 6.45) is 5.56. The Balaban J connectivity index is 0.00000115. The van der Waals surface area contributed by atoms with Crippen LogP contribution in [0.25, 0.3) is 43.7 Å². The smallest absolute Gasteiger partial charge is 0.0966 e. The number of para-hydroxylation sites is 1. The molecule has 0 aliphatic carbocycles. The van der Waals surface area contributed by atoms with Gasteiger partial charge in [-0.05, 0) is 12.1 Å². The molecule has 102 valence electrons. The van der Waals surface area contributed by atoms with Crippen LogP contribution in [0.2, 0.25) is 0 Å². The van der Waals surface area contributed by atoms with Crippen molar-refractivity contribution in [3.8, 4) is 0 Å². The predicted molar refractivity (Wildman–Crippen MR) is 88.0 cm³/mol. The summed E-state index contributed by atoms with van der Waals surface area (Å²) in [5, 5.41) is 3.53. The molecule has 0 radical (unpaired) electrons. The Bertz CT molecular complexity index is 1110. The second-order valence-electron chi connectivity index (χ2n) is 4.99. The highest BCUT2D eigenvalue weighted by molar-refractivity contribution is 6.22. The summed E-state index contributed by atoms with van der Waals surface area (Å²) in [6.45, 7) is 0. The van der Waals surface area contributed by atoms with Gasteiger partial charge >= 0.3 is 0 Å². The van der Waals surface area contributed by atoms with Crippen LogP contribution in [0.1, 0.15) is 0 Å². The Morgan fingerprint density at radius 1 is 0.810 bits per heavy atom. The molecule has 1 aromatic carbocycles. The molecule has 0 atom stereocenters. The SMILES string of the molecule is Cl.c1ccc2c(c1)[nH]c1cnc3c4ccncc4[nH]c3c12. The highest BCUT2D eigenvalue weighted by Gasteiger charge is 2.12. The number of halogens is 1. The Morgan fingerprint density at radius 3 is 2.67 bits per heavy atom. The quantitative estimate of drug-likeness (QED) is 0.450. The summed E-state index contributed by atoms with van der Waals surface area (Å²) in [5.41, 5.74) is 5.28. The van der Waals surface area contributed by atoms with Crippen molar-refractivity contribution >= 4 is 56.1 Å². The van der Waals surface area contributed by atoms with Gasteiger partial charge in [0, 0.05) is 27.9 Å². The first-order valence-corrected chi connectivity index (χ1v) is 6.52. The van der Waals surface area contributed by atoms with Crippen molar-refractivity contribution in [3.05, 3.63) is 48.9 Å². The molecule has 5 heteroatoms. The number of aromatic amines is 2. The first kappa shape index (κ1) is 12.2. The highest BCUT2D eigenvalue weighted by atomic mass is 35.5. The minimum absolute atomic E-state index is 0. The lowest BCUT2D eigenvalue weighted by molar-refractivity contribution is 1.35. The zero-order valence-electron chi connectivity index (χ0n) is 10.9. The molecule has 5 rings (SSSR count). The van der Waals surface area contributed by atoms with E-state index in [1.54, 1.807) is 6.20 Å². The van der Waals surface area contributed by atoms with Gasteiger partial charge in [0.2, 0.25) is 0 Å². The maximum Gasteiger partial charge on any atom is 0.0966 e. The minimum Gasteiger partial charge on any atom is -0.353 e. The number of pyridine rings is 2. The maximum atomic E-state index is 4.60. The first-order valence-electron chi connectivity index (χ1n) is 6.52. The normalized spacial score (nSPS) is 11.4. The van der Waals surface area contributed by atoms with Gasteiger partial charge in [-0.25, -0.2) is 0 Å². The van der Waals surface area contributed by atoms with Gasteiger partial charge in [0.15, 0.2) is 0 Å². The van der Waals surface area contributed by atoms with E-state index < -0.39 is 0 Å². The van der Waals surface area contributed by atoms with Crippen LogP contribution in [0.3, 0.4) is 0 Å². The van der Waals surface area contributed by atoms with E-state index in [4.69, 9.17) is 0 Å². The number of nitrogens with zero attached hydrogens (tertiary/aromatic N) is 2. The molecule has 0 aliphatic rings. The van der Waals surface area contributed by atoms with E-state index in [1.807, 2.05) is 24.5 Å². The van der Waals surface area contributed by atoms with Crippen LogP contribution in [0, 0.1) is 0 Å². The van der Waals surface area contributed by atoms with E-state index in [2.05, 4.69) is 38.1 Å². The Morgan fingerprint density at radius 2 is 1.71 bits per heavy atom. The number of hydrogen-bond donors (Lipinski definition) is 2. The lowest BCUT2D eigenvalue weighted by atomic mass is 10.1. The first-order chi connectivity index (χ1) is 9.92.